The van der Waals surface area contributed by atoms with Crippen molar-refractivity contribution in [1.82, 2.24) is 0 Å². The lowest BCUT2D eigenvalue weighted by Crippen LogP contribution is -2.12. The molecular formula is C12H16BrNO2. The van der Waals surface area contributed by atoms with Gasteiger partial charge in [0.15, 0.2) is 0 Å². The van der Waals surface area contributed by atoms with E-state index < -0.39 is 0 Å². The molecule has 0 aliphatic rings. The number of hydrogen-bond acceptors (Lipinski definition) is 2. The molecule has 0 amide bonds. The van der Waals surface area contributed by atoms with Crippen molar-refractivity contribution in [2.45, 2.75) is 31.5 Å². The van der Waals surface area contributed by atoms with Gasteiger partial charge in [-0.3, -0.25) is 10.1 Å². The second kappa shape index (κ2) is 5.99. The van der Waals surface area contributed by atoms with E-state index in [4.69, 9.17) is 0 Å². The highest BCUT2D eigenvalue weighted by molar-refractivity contribution is 9.09. The Morgan fingerprint density at radius 1 is 1.38 bits per heavy atom. The first kappa shape index (κ1) is 13.2. The molecular weight excluding hydrogens is 270 g/mol. The minimum Gasteiger partial charge on any atom is -0.258 e. The highest BCUT2D eigenvalue weighted by Crippen LogP contribution is 2.21. The molecule has 0 aromatic heterocycles. The van der Waals surface area contributed by atoms with Crippen LogP contribution >= 0.6 is 15.9 Å². The van der Waals surface area contributed by atoms with Crippen molar-refractivity contribution in [2.24, 2.45) is 5.92 Å². The van der Waals surface area contributed by atoms with Gasteiger partial charge in [0.2, 0.25) is 0 Å². The van der Waals surface area contributed by atoms with Gasteiger partial charge in [-0.15, -0.1) is 0 Å². The lowest BCUT2D eigenvalue weighted by Gasteiger charge is -2.16. The van der Waals surface area contributed by atoms with Crippen LogP contribution in [-0.2, 0) is 6.42 Å². The van der Waals surface area contributed by atoms with Gasteiger partial charge >= 0.3 is 0 Å². The number of nitro benzene ring substituents is 1. The van der Waals surface area contributed by atoms with Gasteiger partial charge in [-0.05, 0) is 24.3 Å². The molecule has 0 radical (unpaired) electrons. The second-order valence-electron chi connectivity index (χ2n) is 4.03. The molecule has 2 atom stereocenters. The van der Waals surface area contributed by atoms with Gasteiger partial charge < -0.3 is 0 Å². The van der Waals surface area contributed by atoms with E-state index in [2.05, 4.69) is 29.8 Å². The van der Waals surface area contributed by atoms with Crippen molar-refractivity contribution in [3.05, 3.63) is 39.9 Å². The molecule has 16 heavy (non-hydrogen) atoms. The van der Waals surface area contributed by atoms with Gasteiger partial charge in [-0.2, -0.15) is 0 Å². The third-order valence-corrected chi connectivity index (χ3v) is 4.26. The fourth-order valence-electron chi connectivity index (χ4n) is 1.66. The lowest BCUT2D eigenvalue weighted by molar-refractivity contribution is -0.384. The predicted octanol–water partition coefficient (Wildman–Crippen LogP) is 3.95. The summed E-state index contributed by atoms with van der Waals surface area (Å²) in [7, 11) is 0. The van der Waals surface area contributed by atoms with Crippen LogP contribution in [0.5, 0.6) is 0 Å². The van der Waals surface area contributed by atoms with Crippen LogP contribution in [0.15, 0.2) is 24.3 Å². The fourth-order valence-corrected chi connectivity index (χ4v) is 1.84. The normalized spacial score (nSPS) is 14.4. The van der Waals surface area contributed by atoms with Crippen LogP contribution in [0.3, 0.4) is 0 Å². The first-order chi connectivity index (χ1) is 7.54. The Morgan fingerprint density at radius 3 is 2.38 bits per heavy atom. The molecule has 0 saturated heterocycles. The predicted molar refractivity (Wildman–Crippen MR) is 69.0 cm³/mol. The molecule has 2 unspecified atom stereocenters. The smallest absolute Gasteiger partial charge is 0.258 e. The molecule has 0 aliphatic carbocycles. The maximum absolute atomic E-state index is 10.5. The summed E-state index contributed by atoms with van der Waals surface area (Å²) in [4.78, 5) is 10.6. The molecule has 0 bridgehead atoms. The number of alkyl halides is 1. The zero-order valence-electron chi connectivity index (χ0n) is 9.52. The molecule has 0 N–H and O–H groups in total. The molecule has 0 aliphatic heterocycles. The molecule has 3 nitrogen and oxygen atoms in total. The maximum atomic E-state index is 10.5. The summed E-state index contributed by atoms with van der Waals surface area (Å²) in [5.74, 6) is 0.534. The Kier molecular flexibility index (Phi) is 4.93. The minimum atomic E-state index is -0.369. The fraction of sp³-hybridized carbons (Fsp3) is 0.500. The standard InChI is InChI=1S/C12H16BrNO2/c1-3-12(13)9(2)8-10-4-6-11(7-5-10)14(15)16/h4-7,9,12H,3,8H2,1-2H3. The number of rotatable bonds is 5. The quantitative estimate of drug-likeness (QED) is 0.467. The summed E-state index contributed by atoms with van der Waals surface area (Å²) < 4.78 is 0. The molecule has 1 rings (SSSR count). The summed E-state index contributed by atoms with van der Waals surface area (Å²) in [5.41, 5.74) is 1.30. The SMILES string of the molecule is CCC(Br)C(C)Cc1ccc([N+](=O)[O-])cc1. The van der Waals surface area contributed by atoms with Crippen molar-refractivity contribution in [1.29, 1.82) is 0 Å². The van der Waals surface area contributed by atoms with E-state index in [9.17, 15) is 10.1 Å². The van der Waals surface area contributed by atoms with Crippen LogP contribution in [-0.4, -0.2) is 9.75 Å². The number of nitrogens with zero attached hydrogens (tertiary/aromatic N) is 1. The molecule has 1 aromatic carbocycles. The van der Waals surface area contributed by atoms with Gasteiger partial charge in [0.1, 0.15) is 0 Å². The Morgan fingerprint density at radius 2 is 1.94 bits per heavy atom. The van der Waals surface area contributed by atoms with Gasteiger partial charge in [0.25, 0.3) is 5.69 Å². The van der Waals surface area contributed by atoms with E-state index in [-0.39, 0.29) is 10.6 Å². The van der Waals surface area contributed by atoms with Crippen molar-refractivity contribution in [3.8, 4) is 0 Å². The molecule has 0 spiro atoms. The number of nitro groups is 1. The van der Waals surface area contributed by atoms with E-state index in [1.807, 2.05) is 12.1 Å². The topological polar surface area (TPSA) is 43.1 Å². The summed E-state index contributed by atoms with van der Waals surface area (Å²) in [6.45, 7) is 4.33. The summed E-state index contributed by atoms with van der Waals surface area (Å²) >= 11 is 3.63. The third kappa shape index (κ3) is 3.59. The van der Waals surface area contributed by atoms with Crippen molar-refractivity contribution in [3.63, 3.8) is 0 Å². The number of non-ortho nitro benzene ring substituents is 1. The van der Waals surface area contributed by atoms with Gasteiger partial charge in [0.05, 0.1) is 4.92 Å². The van der Waals surface area contributed by atoms with Crippen molar-refractivity contribution < 1.29 is 4.92 Å². The first-order valence-electron chi connectivity index (χ1n) is 5.42. The van der Waals surface area contributed by atoms with Gasteiger partial charge in [-0.25, -0.2) is 0 Å². The number of hydrogen-bond donors (Lipinski definition) is 0. The van der Waals surface area contributed by atoms with Crippen LogP contribution in [0.4, 0.5) is 5.69 Å². The van der Waals surface area contributed by atoms with E-state index in [1.165, 1.54) is 0 Å². The third-order valence-electron chi connectivity index (χ3n) is 2.71. The van der Waals surface area contributed by atoms with Crippen LogP contribution in [0, 0.1) is 16.0 Å². The summed E-state index contributed by atoms with van der Waals surface area (Å²) in [6.07, 6.45) is 2.04. The van der Waals surface area contributed by atoms with E-state index in [0.717, 1.165) is 18.4 Å². The van der Waals surface area contributed by atoms with Gasteiger partial charge in [-0.1, -0.05) is 41.9 Å². The van der Waals surface area contributed by atoms with Crippen LogP contribution < -0.4 is 0 Å². The van der Waals surface area contributed by atoms with Gasteiger partial charge in [0, 0.05) is 17.0 Å². The Balaban J connectivity index is 2.65. The minimum absolute atomic E-state index is 0.155. The largest absolute Gasteiger partial charge is 0.269 e. The van der Waals surface area contributed by atoms with Crippen molar-refractivity contribution in [2.75, 3.05) is 0 Å². The monoisotopic (exact) mass is 285 g/mol. The van der Waals surface area contributed by atoms with E-state index >= 15 is 0 Å². The Labute approximate surface area is 104 Å². The Bertz CT molecular complexity index is 351. The molecule has 0 saturated carbocycles. The van der Waals surface area contributed by atoms with E-state index in [1.54, 1.807) is 12.1 Å². The molecule has 0 fully saturated rings. The van der Waals surface area contributed by atoms with Crippen LogP contribution in [0.2, 0.25) is 0 Å². The lowest BCUT2D eigenvalue weighted by atomic mass is 9.97. The average molecular weight is 286 g/mol. The summed E-state index contributed by atoms with van der Waals surface area (Å²) in [5, 5.41) is 10.5. The van der Waals surface area contributed by atoms with E-state index in [0.29, 0.717) is 10.7 Å². The molecule has 88 valence electrons. The maximum Gasteiger partial charge on any atom is 0.269 e. The first-order valence-corrected chi connectivity index (χ1v) is 6.33. The van der Waals surface area contributed by atoms with Crippen LogP contribution in [0.25, 0.3) is 0 Å². The number of halogens is 1. The van der Waals surface area contributed by atoms with Crippen molar-refractivity contribution >= 4 is 21.6 Å². The zero-order chi connectivity index (χ0) is 12.1. The van der Waals surface area contributed by atoms with Crippen LogP contribution in [0.1, 0.15) is 25.8 Å². The molecule has 1 aromatic rings. The zero-order valence-corrected chi connectivity index (χ0v) is 11.1. The average Bonchev–Trinajstić information content (AvgIpc) is 2.28. The Hall–Kier alpha value is -0.900. The second-order valence-corrected chi connectivity index (χ2v) is 5.21. The molecule has 4 heteroatoms. The summed E-state index contributed by atoms with van der Waals surface area (Å²) in [6, 6.07) is 6.81. The number of benzene rings is 1. The highest BCUT2D eigenvalue weighted by atomic mass is 79.9. The highest BCUT2D eigenvalue weighted by Gasteiger charge is 2.13. The molecule has 0 heterocycles.